The average Bonchev–Trinajstić information content (AvgIpc) is 2.37. The minimum absolute atomic E-state index is 0.0822. The second kappa shape index (κ2) is 7.89. The third-order valence-corrected chi connectivity index (χ3v) is 5.22. The van der Waals surface area contributed by atoms with E-state index >= 15 is 0 Å². The lowest BCUT2D eigenvalue weighted by Crippen LogP contribution is -2.43. The Bertz CT molecular complexity index is 344. The van der Waals surface area contributed by atoms with Crippen molar-refractivity contribution in [3.8, 4) is 0 Å². The number of hydrogen-bond acceptors (Lipinski definition) is 2. The van der Waals surface area contributed by atoms with E-state index in [1.54, 1.807) is 11.8 Å². The van der Waals surface area contributed by atoms with Gasteiger partial charge in [0.25, 0.3) is 0 Å². The number of nitrogens with one attached hydrogen (secondary N) is 1. The fourth-order valence-electron chi connectivity index (χ4n) is 3.57. The van der Waals surface area contributed by atoms with Gasteiger partial charge >= 0.3 is 0 Å². The van der Waals surface area contributed by atoms with Crippen LogP contribution in [0.2, 0.25) is 0 Å². The second-order valence-electron chi connectivity index (χ2n) is 8.16. The zero-order chi connectivity index (χ0) is 16.2. The molecule has 0 bridgehead atoms. The number of amidine groups is 1. The van der Waals surface area contributed by atoms with Crippen LogP contribution in [0.25, 0.3) is 0 Å². The molecule has 1 saturated carbocycles. The summed E-state index contributed by atoms with van der Waals surface area (Å²) in [5.41, 5.74) is 0.0822. The predicted octanol–water partition coefficient (Wildman–Crippen LogP) is 5.19. The summed E-state index contributed by atoms with van der Waals surface area (Å²) in [4.78, 5) is 5.20. The fourth-order valence-corrected chi connectivity index (χ4v) is 4.21. The highest BCUT2D eigenvalue weighted by Gasteiger charge is 2.37. The molecule has 0 aromatic heterocycles. The van der Waals surface area contributed by atoms with E-state index in [4.69, 9.17) is 4.99 Å². The number of hydrogen-bond donors (Lipinski definition) is 1. The summed E-state index contributed by atoms with van der Waals surface area (Å²) in [6.07, 6.45) is 6.05. The highest BCUT2D eigenvalue weighted by Crippen LogP contribution is 2.40. The second-order valence-corrected chi connectivity index (χ2v) is 8.95. The van der Waals surface area contributed by atoms with Gasteiger partial charge in [0.2, 0.25) is 0 Å². The summed E-state index contributed by atoms with van der Waals surface area (Å²) in [5.74, 6) is 3.03. The van der Waals surface area contributed by atoms with Crippen molar-refractivity contribution >= 4 is 16.9 Å². The quantitative estimate of drug-likeness (QED) is 0.573. The van der Waals surface area contributed by atoms with Crippen LogP contribution in [0.1, 0.15) is 67.7 Å². The molecule has 0 spiro atoms. The van der Waals surface area contributed by atoms with Gasteiger partial charge in [-0.15, -0.1) is 0 Å². The van der Waals surface area contributed by atoms with Gasteiger partial charge in [-0.2, -0.15) is 0 Å². The van der Waals surface area contributed by atoms with E-state index in [9.17, 15) is 0 Å². The molecule has 1 aliphatic rings. The smallest absolute Gasteiger partial charge is 0.156 e. The third-order valence-electron chi connectivity index (χ3n) is 4.62. The molecule has 0 saturated heterocycles. The molecule has 21 heavy (non-hydrogen) atoms. The van der Waals surface area contributed by atoms with Crippen molar-refractivity contribution in [1.29, 1.82) is 0 Å². The van der Waals surface area contributed by atoms with Crippen molar-refractivity contribution in [3.05, 3.63) is 0 Å². The number of nitrogens with zero attached hydrogens (tertiary/aromatic N) is 1. The van der Waals surface area contributed by atoms with Crippen LogP contribution in [0.4, 0.5) is 0 Å². The Morgan fingerprint density at radius 1 is 1.29 bits per heavy atom. The lowest BCUT2D eigenvalue weighted by atomic mass is 9.68. The lowest BCUT2D eigenvalue weighted by Gasteiger charge is -2.41. The van der Waals surface area contributed by atoms with Gasteiger partial charge in [0.1, 0.15) is 0 Å². The number of thioether (sulfide) groups is 1. The zero-order valence-electron chi connectivity index (χ0n) is 15.4. The average molecular weight is 313 g/mol. The first-order valence-corrected chi connectivity index (χ1v) is 9.80. The first-order chi connectivity index (χ1) is 9.67. The van der Waals surface area contributed by atoms with Crippen molar-refractivity contribution in [2.45, 2.75) is 79.3 Å². The molecule has 3 heteroatoms. The van der Waals surface area contributed by atoms with E-state index in [2.05, 4.69) is 60.0 Å². The molecule has 124 valence electrons. The van der Waals surface area contributed by atoms with Gasteiger partial charge in [0.05, 0.1) is 6.04 Å². The van der Waals surface area contributed by atoms with E-state index in [0.29, 0.717) is 12.0 Å². The monoisotopic (exact) mass is 312 g/mol. The van der Waals surface area contributed by atoms with Crippen LogP contribution in [0.3, 0.4) is 0 Å². The predicted molar refractivity (Wildman–Crippen MR) is 98.1 cm³/mol. The maximum Gasteiger partial charge on any atom is 0.156 e. The van der Waals surface area contributed by atoms with Gasteiger partial charge in [-0.05, 0) is 63.5 Å². The fraction of sp³-hybridized carbons (Fsp3) is 0.944. The highest BCUT2D eigenvalue weighted by molar-refractivity contribution is 8.13. The number of rotatable bonds is 3. The molecule has 4 atom stereocenters. The van der Waals surface area contributed by atoms with Crippen LogP contribution in [-0.2, 0) is 0 Å². The summed E-state index contributed by atoms with van der Waals surface area (Å²) in [7, 11) is 0. The van der Waals surface area contributed by atoms with Crippen LogP contribution < -0.4 is 5.32 Å². The van der Waals surface area contributed by atoms with E-state index in [1.807, 2.05) is 0 Å². The van der Waals surface area contributed by atoms with Crippen molar-refractivity contribution in [1.82, 2.24) is 5.32 Å². The molecule has 2 nitrogen and oxygen atoms in total. The van der Waals surface area contributed by atoms with Gasteiger partial charge < -0.3 is 5.32 Å². The van der Waals surface area contributed by atoms with Crippen LogP contribution in [-0.4, -0.2) is 23.0 Å². The maximum atomic E-state index is 5.20. The molecule has 1 N–H and O–H groups in total. The van der Waals surface area contributed by atoms with Gasteiger partial charge in [-0.3, -0.25) is 4.99 Å². The standard InChI is InChI=1S/C18H36N2S/c1-9-14-10-13(4)11-15(12(2)3)16(14)19-17(21-8)20-18(5,6)7/h12-16H,9-11H2,1-8H3,(H,19,20). The first kappa shape index (κ1) is 18.9. The Hall–Kier alpha value is -0.180. The molecule has 0 radical (unpaired) electrons. The van der Waals surface area contributed by atoms with Crippen LogP contribution in [0.15, 0.2) is 4.99 Å². The topological polar surface area (TPSA) is 24.4 Å². The molecule has 1 rings (SSSR count). The Morgan fingerprint density at radius 2 is 1.90 bits per heavy atom. The normalized spacial score (nSPS) is 31.6. The van der Waals surface area contributed by atoms with E-state index < -0.39 is 0 Å². The Labute approximate surface area is 137 Å². The van der Waals surface area contributed by atoms with Crippen molar-refractivity contribution in [2.75, 3.05) is 6.26 Å². The molecule has 0 aromatic carbocycles. The van der Waals surface area contributed by atoms with Crippen LogP contribution in [0.5, 0.6) is 0 Å². The van der Waals surface area contributed by atoms with E-state index in [0.717, 1.165) is 22.9 Å². The van der Waals surface area contributed by atoms with Crippen LogP contribution >= 0.6 is 11.8 Å². The molecular formula is C18H36N2S. The minimum Gasteiger partial charge on any atom is -0.360 e. The van der Waals surface area contributed by atoms with Crippen molar-refractivity contribution < 1.29 is 0 Å². The van der Waals surface area contributed by atoms with E-state index in [-0.39, 0.29) is 5.54 Å². The minimum atomic E-state index is 0.0822. The van der Waals surface area contributed by atoms with Gasteiger partial charge in [-0.25, -0.2) is 0 Å². The molecule has 0 aromatic rings. The van der Waals surface area contributed by atoms with Gasteiger partial charge in [0.15, 0.2) is 5.17 Å². The summed E-state index contributed by atoms with van der Waals surface area (Å²) in [6, 6.07) is 0.489. The summed E-state index contributed by atoms with van der Waals surface area (Å²) in [6.45, 7) is 16.1. The van der Waals surface area contributed by atoms with Gasteiger partial charge in [-0.1, -0.05) is 45.9 Å². The number of aliphatic imine (C=N–C) groups is 1. The van der Waals surface area contributed by atoms with Crippen molar-refractivity contribution in [2.24, 2.45) is 28.7 Å². The molecule has 1 fully saturated rings. The van der Waals surface area contributed by atoms with Crippen molar-refractivity contribution in [3.63, 3.8) is 0 Å². The largest absolute Gasteiger partial charge is 0.360 e. The maximum absolute atomic E-state index is 5.20. The summed E-state index contributed by atoms with van der Waals surface area (Å²) < 4.78 is 0. The molecule has 4 unspecified atom stereocenters. The van der Waals surface area contributed by atoms with Gasteiger partial charge in [0, 0.05) is 5.54 Å². The SMILES string of the molecule is CCC1CC(C)CC(C(C)C)C1N=C(NC(C)(C)C)SC. The van der Waals surface area contributed by atoms with E-state index in [1.165, 1.54) is 19.3 Å². The zero-order valence-corrected chi connectivity index (χ0v) is 16.2. The van der Waals surface area contributed by atoms with Crippen LogP contribution in [0, 0.1) is 23.7 Å². The Morgan fingerprint density at radius 3 is 2.33 bits per heavy atom. The Balaban J connectivity index is 3.01. The molecule has 0 heterocycles. The summed E-state index contributed by atoms with van der Waals surface area (Å²) >= 11 is 1.76. The molecule has 0 amide bonds. The highest BCUT2D eigenvalue weighted by atomic mass is 32.2. The molecule has 1 aliphatic carbocycles. The molecular weight excluding hydrogens is 276 g/mol. The Kier molecular flexibility index (Phi) is 7.09. The molecule has 0 aliphatic heterocycles. The first-order valence-electron chi connectivity index (χ1n) is 8.57. The lowest BCUT2D eigenvalue weighted by molar-refractivity contribution is 0.132. The summed E-state index contributed by atoms with van der Waals surface area (Å²) in [5, 5.41) is 4.70. The third kappa shape index (κ3) is 5.84.